The molecule has 0 spiro atoms. The van der Waals surface area contributed by atoms with E-state index in [0.717, 1.165) is 25.8 Å². The predicted molar refractivity (Wildman–Crippen MR) is 84.9 cm³/mol. The van der Waals surface area contributed by atoms with E-state index in [4.69, 9.17) is 0 Å². The molecule has 1 heterocycles. The zero-order chi connectivity index (χ0) is 15.5. The topological polar surface area (TPSA) is 61.4 Å². The van der Waals surface area contributed by atoms with Crippen LogP contribution in [0.2, 0.25) is 0 Å². The van der Waals surface area contributed by atoms with Crippen LogP contribution in [0.1, 0.15) is 46.4 Å². The molecule has 5 nitrogen and oxygen atoms in total. The second-order valence-corrected chi connectivity index (χ2v) is 6.31. The van der Waals surface area contributed by atoms with Gasteiger partial charge in [-0.25, -0.2) is 0 Å². The molecule has 0 bridgehead atoms. The quantitative estimate of drug-likeness (QED) is 0.864. The molecule has 1 saturated heterocycles. The summed E-state index contributed by atoms with van der Waals surface area (Å²) in [5.74, 6) is -0.128. The predicted octanol–water partition coefficient (Wildman–Crippen LogP) is 1.40. The zero-order valence-corrected chi connectivity index (χ0v) is 13.0. The van der Waals surface area contributed by atoms with Gasteiger partial charge in [-0.3, -0.25) is 9.59 Å². The minimum Gasteiger partial charge on any atom is -0.350 e. The number of hydrogen-bond acceptors (Lipinski definition) is 3. The Bertz CT molecular complexity index is 552. The van der Waals surface area contributed by atoms with E-state index in [1.54, 1.807) is 24.3 Å². The number of nitrogens with zero attached hydrogens (tertiary/aromatic N) is 1. The van der Waals surface area contributed by atoms with Gasteiger partial charge in [0.05, 0.1) is 0 Å². The summed E-state index contributed by atoms with van der Waals surface area (Å²) in [6.07, 6.45) is 4.47. The van der Waals surface area contributed by atoms with Crippen molar-refractivity contribution in [1.82, 2.24) is 15.5 Å². The molecule has 2 N–H and O–H groups in total. The lowest BCUT2D eigenvalue weighted by atomic mass is 10.1. The maximum atomic E-state index is 12.1. The van der Waals surface area contributed by atoms with E-state index < -0.39 is 0 Å². The molecule has 0 unspecified atom stereocenters. The van der Waals surface area contributed by atoms with Gasteiger partial charge in [-0.15, -0.1) is 0 Å². The molecule has 2 amide bonds. The molecule has 0 aromatic heterocycles. The van der Waals surface area contributed by atoms with Crippen LogP contribution >= 0.6 is 0 Å². The molecule has 2 fully saturated rings. The lowest BCUT2D eigenvalue weighted by molar-refractivity contribution is 0.0935. The van der Waals surface area contributed by atoms with Gasteiger partial charge in [-0.1, -0.05) is 0 Å². The Hall–Kier alpha value is -1.88. The van der Waals surface area contributed by atoms with Crippen molar-refractivity contribution in [3.05, 3.63) is 35.4 Å². The van der Waals surface area contributed by atoms with Gasteiger partial charge in [0.1, 0.15) is 0 Å². The number of carbonyl (C=O) groups is 2. The molecule has 5 heteroatoms. The van der Waals surface area contributed by atoms with Crippen LogP contribution in [0.5, 0.6) is 0 Å². The average Bonchev–Trinajstić information content (AvgIpc) is 3.25. The van der Waals surface area contributed by atoms with Crippen molar-refractivity contribution in [2.45, 2.75) is 37.8 Å². The van der Waals surface area contributed by atoms with Crippen LogP contribution in [0.3, 0.4) is 0 Å². The SMILES string of the molecule is CN1CCC[C@H]1CNC(=O)c1ccc(C(=O)NC2CC2)cc1. The van der Waals surface area contributed by atoms with Crippen LogP contribution in [0.4, 0.5) is 0 Å². The molecular weight excluding hydrogens is 278 g/mol. The lowest BCUT2D eigenvalue weighted by Gasteiger charge is -2.19. The summed E-state index contributed by atoms with van der Waals surface area (Å²) in [4.78, 5) is 26.3. The Balaban J connectivity index is 1.52. The summed E-state index contributed by atoms with van der Waals surface area (Å²) in [7, 11) is 2.09. The number of benzene rings is 1. The maximum Gasteiger partial charge on any atom is 0.251 e. The largest absolute Gasteiger partial charge is 0.350 e. The van der Waals surface area contributed by atoms with Crippen LogP contribution in [-0.2, 0) is 0 Å². The summed E-state index contributed by atoms with van der Waals surface area (Å²) >= 11 is 0. The van der Waals surface area contributed by atoms with E-state index in [1.807, 2.05) is 0 Å². The third-order valence-electron chi connectivity index (χ3n) is 4.49. The monoisotopic (exact) mass is 301 g/mol. The summed E-state index contributed by atoms with van der Waals surface area (Å²) in [5.41, 5.74) is 1.21. The fourth-order valence-corrected chi connectivity index (χ4v) is 2.82. The maximum absolute atomic E-state index is 12.1. The minimum atomic E-state index is -0.0746. The van der Waals surface area contributed by atoms with E-state index in [1.165, 1.54) is 6.42 Å². The third kappa shape index (κ3) is 3.65. The first kappa shape index (κ1) is 15.0. The number of nitrogens with one attached hydrogen (secondary N) is 2. The van der Waals surface area contributed by atoms with E-state index in [-0.39, 0.29) is 11.8 Å². The van der Waals surface area contributed by atoms with E-state index in [0.29, 0.717) is 29.8 Å². The van der Waals surface area contributed by atoms with Gasteiger partial charge < -0.3 is 15.5 Å². The van der Waals surface area contributed by atoms with Gasteiger partial charge >= 0.3 is 0 Å². The van der Waals surface area contributed by atoms with Crippen molar-refractivity contribution in [1.29, 1.82) is 0 Å². The van der Waals surface area contributed by atoms with E-state index >= 15 is 0 Å². The van der Waals surface area contributed by atoms with Gasteiger partial charge in [-0.05, 0) is 63.5 Å². The van der Waals surface area contributed by atoms with Gasteiger partial charge in [0.15, 0.2) is 0 Å². The Morgan fingerprint density at radius 3 is 2.27 bits per heavy atom. The van der Waals surface area contributed by atoms with Crippen molar-refractivity contribution < 1.29 is 9.59 Å². The van der Waals surface area contributed by atoms with Crippen LogP contribution < -0.4 is 10.6 Å². The number of amides is 2. The molecule has 3 rings (SSSR count). The Morgan fingerprint density at radius 2 is 1.73 bits per heavy atom. The highest BCUT2D eigenvalue weighted by atomic mass is 16.2. The number of hydrogen-bond donors (Lipinski definition) is 2. The van der Waals surface area contributed by atoms with Crippen molar-refractivity contribution in [3.8, 4) is 0 Å². The number of rotatable bonds is 5. The first-order chi connectivity index (χ1) is 10.6. The highest BCUT2D eigenvalue weighted by Gasteiger charge is 2.24. The molecular formula is C17H23N3O2. The highest BCUT2D eigenvalue weighted by molar-refractivity contribution is 5.98. The second-order valence-electron chi connectivity index (χ2n) is 6.31. The molecule has 1 aliphatic carbocycles. The average molecular weight is 301 g/mol. The second kappa shape index (κ2) is 6.48. The molecule has 1 atom stereocenters. The zero-order valence-electron chi connectivity index (χ0n) is 13.0. The van der Waals surface area contributed by atoms with Crippen molar-refractivity contribution in [2.24, 2.45) is 0 Å². The van der Waals surface area contributed by atoms with Crippen LogP contribution in [-0.4, -0.2) is 48.9 Å². The minimum absolute atomic E-state index is 0.0537. The Kier molecular flexibility index (Phi) is 4.43. The van der Waals surface area contributed by atoms with E-state index in [9.17, 15) is 9.59 Å². The number of likely N-dealkylation sites (tertiary alicyclic amines) is 1. The van der Waals surface area contributed by atoms with Gasteiger partial charge in [0.25, 0.3) is 11.8 Å². The summed E-state index contributed by atoms with van der Waals surface area (Å²) in [6, 6.07) is 7.65. The van der Waals surface area contributed by atoms with Crippen LogP contribution in [0.15, 0.2) is 24.3 Å². The fourth-order valence-electron chi connectivity index (χ4n) is 2.82. The van der Waals surface area contributed by atoms with Crippen LogP contribution in [0.25, 0.3) is 0 Å². The summed E-state index contributed by atoms with van der Waals surface area (Å²) in [5, 5.41) is 5.92. The Morgan fingerprint density at radius 1 is 1.09 bits per heavy atom. The fraction of sp³-hybridized carbons (Fsp3) is 0.529. The van der Waals surface area contributed by atoms with Crippen molar-refractivity contribution in [3.63, 3.8) is 0 Å². The van der Waals surface area contributed by atoms with Crippen LogP contribution in [0, 0.1) is 0 Å². The molecule has 1 aromatic rings. The summed E-state index contributed by atoms with van der Waals surface area (Å²) < 4.78 is 0. The van der Waals surface area contributed by atoms with Gasteiger partial charge in [0.2, 0.25) is 0 Å². The third-order valence-corrected chi connectivity index (χ3v) is 4.49. The molecule has 1 aromatic carbocycles. The first-order valence-electron chi connectivity index (χ1n) is 8.03. The standard InChI is InChI=1S/C17H23N3O2/c1-20-10-2-3-15(20)11-18-16(21)12-4-6-13(7-5-12)17(22)19-14-8-9-14/h4-7,14-15H,2-3,8-11H2,1H3,(H,18,21)(H,19,22)/t15-/m0/s1. The molecule has 22 heavy (non-hydrogen) atoms. The summed E-state index contributed by atoms with van der Waals surface area (Å²) in [6.45, 7) is 1.78. The number of likely N-dealkylation sites (N-methyl/N-ethyl adjacent to an activating group) is 1. The molecule has 0 radical (unpaired) electrons. The van der Waals surface area contributed by atoms with Gasteiger partial charge in [-0.2, -0.15) is 0 Å². The van der Waals surface area contributed by atoms with E-state index in [2.05, 4.69) is 22.6 Å². The normalized spacial score (nSPS) is 21.6. The molecule has 118 valence electrons. The molecule has 1 aliphatic heterocycles. The number of carbonyl (C=O) groups excluding carboxylic acids is 2. The molecule has 2 aliphatic rings. The van der Waals surface area contributed by atoms with Crippen molar-refractivity contribution in [2.75, 3.05) is 20.1 Å². The first-order valence-corrected chi connectivity index (χ1v) is 8.03. The van der Waals surface area contributed by atoms with Crippen molar-refractivity contribution >= 4 is 11.8 Å². The Labute approximate surface area is 131 Å². The lowest BCUT2D eigenvalue weighted by Crippen LogP contribution is -2.38. The highest BCUT2D eigenvalue weighted by Crippen LogP contribution is 2.19. The smallest absolute Gasteiger partial charge is 0.251 e. The van der Waals surface area contributed by atoms with Gasteiger partial charge in [0, 0.05) is 29.8 Å². The molecule has 1 saturated carbocycles.